The van der Waals surface area contributed by atoms with Crippen molar-refractivity contribution >= 4 is 11.8 Å². The minimum Gasteiger partial charge on any atom is -0.347 e. The maximum absolute atomic E-state index is 11.5. The molecule has 0 aromatic carbocycles. The Morgan fingerprint density at radius 2 is 1.86 bits per heavy atom. The van der Waals surface area contributed by atoms with E-state index in [0.717, 1.165) is 25.9 Å². The van der Waals surface area contributed by atoms with Crippen LogP contribution in [0.4, 0.5) is 0 Å². The van der Waals surface area contributed by atoms with Crippen molar-refractivity contribution < 1.29 is 9.59 Å². The first kappa shape index (κ1) is 11.0. The molecule has 1 aliphatic heterocycles. The molecular formula is C10H18N2O2. The molecule has 1 aliphatic rings. The quantitative estimate of drug-likeness (QED) is 0.719. The summed E-state index contributed by atoms with van der Waals surface area (Å²) in [6.45, 7) is 3.63. The third kappa shape index (κ3) is 3.36. The lowest BCUT2D eigenvalue weighted by Gasteiger charge is -2.26. The molecule has 0 atom stereocenters. The third-order valence-corrected chi connectivity index (χ3v) is 2.47. The van der Waals surface area contributed by atoms with Crippen molar-refractivity contribution in [3.05, 3.63) is 0 Å². The van der Waals surface area contributed by atoms with Gasteiger partial charge < -0.3 is 10.2 Å². The normalized spacial score (nSPS) is 16.5. The standard InChI is InChI=1S/C10H18N2O2/c1-2-9(13)11-8-10(14)12-6-4-3-5-7-12/h2-8H2,1H3,(H,11,13). The number of hydrogen-bond acceptors (Lipinski definition) is 2. The van der Waals surface area contributed by atoms with Gasteiger partial charge in [-0.15, -0.1) is 0 Å². The maximum atomic E-state index is 11.5. The minimum atomic E-state index is -0.0599. The summed E-state index contributed by atoms with van der Waals surface area (Å²) in [4.78, 5) is 24.3. The summed E-state index contributed by atoms with van der Waals surface area (Å²) in [6, 6.07) is 0. The van der Waals surface area contributed by atoms with E-state index in [9.17, 15) is 9.59 Å². The Kier molecular flexibility index (Phi) is 4.43. The molecule has 0 saturated carbocycles. The molecule has 14 heavy (non-hydrogen) atoms. The molecular weight excluding hydrogens is 180 g/mol. The average Bonchev–Trinajstić information content (AvgIpc) is 2.26. The van der Waals surface area contributed by atoms with Gasteiger partial charge in [0.05, 0.1) is 6.54 Å². The number of carbonyl (C=O) groups is 2. The first-order chi connectivity index (χ1) is 6.74. The van der Waals surface area contributed by atoms with Crippen LogP contribution in [0.2, 0.25) is 0 Å². The molecule has 1 heterocycles. The highest BCUT2D eigenvalue weighted by molar-refractivity contribution is 5.84. The van der Waals surface area contributed by atoms with Crippen LogP contribution in [0.1, 0.15) is 32.6 Å². The highest BCUT2D eigenvalue weighted by atomic mass is 16.2. The fourth-order valence-corrected chi connectivity index (χ4v) is 1.55. The second-order valence-electron chi connectivity index (χ2n) is 3.57. The van der Waals surface area contributed by atoms with Crippen molar-refractivity contribution in [2.24, 2.45) is 0 Å². The van der Waals surface area contributed by atoms with Crippen LogP contribution in [0.25, 0.3) is 0 Å². The molecule has 0 unspecified atom stereocenters. The van der Waals surface area contributed by atoms with E-state index < -0.39 is 0 Å². The molecule has 0 aromatic rings. The number of carbonyl (C=O) groups excluding carboxylic acids is 2. The number of likely N-dealkylation sites (tertiary alicyclic amines) is 1. The Bertz CT molecular complexity index is 210. The molecule has 0 bridgehead atoms. The zero-order valence-electron chi connectivity index (χ0n) is 8.71. The predicted molar refractivity (Wildman–Crippen MR) is 53.7 cm³/mol. The highest BCUT2D eigenvalue weighted by Crippen LogP contribution is 2.07. The van der Waals surface area contributed by atoms with Crippen molar-refractivity contribution in [3.8, 4) is 0 Å². The summed E-state index contributed by atoms with van der Waals surface area (Å²) in [5.74, 6) is -0.0122. The molecule has 4 heteroatoms. The van der Waals surface area contributed by atoms with Crippen LogP contribution in [-0.2, 0) is 9.59 Å². The van der Waals surface area contributed by atoms with Gasteiger partial charge in [-0.25, -0.2) is 0 Å². The summed E-state index contributed by atoms with van der Waals surface area (Å²) in [5, 5.41) is 2.60. The van der Waals surface area contributed by atoms with Crippen LogP contribution in [0.3, 0.4) is 0 Å². The maximum Gasteiger partial charge on any atom is 0.241 e. The molecule has 0 spiro atoms. The van der Waals surface area contributed by atoms with Crippen LogP contribution in [-0.4, -0.2) is 36.3 Å². The lowest BCUT2D eigenvalue weighted by molar-refractivity contribution is -0.133. The molecule has 1 saturated heterocycles. The van der Waals surface area contributed by atoms with Gasteiger partial charge in [0, 0.05) is 19.5 Å². The molecule has 1 rings (SSSR count). The Morgan fingerprint density at radius 1 is 1.21 bits per heavy atom. The van der Waals surface area contributed by atoms with Gasteiger partial charge in [-0.2, -0.15) is 0 Å². The Balaban J connectivity index is 2.23. The SMILES string of the molecule is CCC(=O)NCC(=O)N1CCCCC1. The fraction of sp³-hybridized carbons (Fsp3) is 0.800. The molecule has 1 N–H and O–H groups in total. The van der Waals surface area contributed by atoms with Crippen LogP contribution in [0.5, 0.6) is 0 Å². The average molecular weight is 198 g/mol. The van der Waals surface area contributed by atoms with Crippen molar-refractivity contribution in [3.63, 3.8) is 0 Å². The van der Waals surface area contributed by atoms with Crippen molar-refractivity contribution in [2.75, 3.05) is 19.6 Å². The predicted octanol–water partition coefficient (Wildman–Crippen LogP) is 0.525. The molecule has 80 valence electrons. The molecule has 4 nitrogen and oxygen atoms in total. The Morgan fingerprint density at radius 3 is 2.43 bits per heavy atom. The van der Waals surface area contributed by atoms with Gasteiger partial charge in [-0.3, -0.25) is 9.59 Å². The van der Waals surface area contributed by atoms with Crippen LogP contribution in [0, 0.1) is 0 Å². The van der Waals surface area contributed by atoms with E-state index in [2.05, 4.69) is 5.32 Å². The number of nitrogens with zero attached hydrogens (tertiary/aromatic N) is 1. The van der Waals surface area contributed by atoms with Gasteiger partial charge in [0.15, 0.2) is 0 Å². The van der Waals surface area contributed by atoms with Crippen LogP contribution < -0.4 is 5.32 Å². The van der Waals surface area contributed by atoms with Crippen molar-refractivity contribution in [2.45, 2.75) is 32.6 Å². The lowest BCUT2D eigenvalue weighted by atomic mass is 10.1. The van der Waals surface area contributed by atoms with E-state index in [1.165, 1.54) is 6.42 Å². The number of hydrogen-bond donors (Lipinski definition) is 1. The van der Waals surface area contributed by atoms with E-state index in [4.69, 9.17) is 0 Å². The zero-order chi connectivity index (χ0) is 10.4. The summed E-state index contributed by atoms with van der Waals surface area (Å²) >= 11 is 0. The van der Waals surface area contributed by atoms with E-state index in [1.54, 1.807) is 6.92 Å². The first-order valence-electron chi connectivity index (χ1n) is 5.28. The van der Waals surface area contributed by atoms with Crippen LogP contribution in [0.15, 0.2) is 0 Å². The Hall–Kier alpha value is -1.06. The summed E-state index contributed by atoms with van der Waals surface area (Å²) < 4.78 is 0. The second-order valence-corrected chi connectivity index (χ2v) is 3.57. The highest BCUT2D eigenvalue weighted by Gasteiger charge is 2.16. The monoisotopic (exact) mass is 198 g/mol. The summed E-state index contributed by atoms with van der Waals surface area (Å²) in [7, 11) is 0. The van der Waals surface area contributed by atoms with E-state index >= 15 is 0 Å². The van der Waals surface area contributed by atoms with Crippen molar-refractivity contribution in [1.82, 2.24) is 10.2 Å². The van der Waals surface area contributed by atoms with Crippen molar-refractivity contribution in [1.29, 1.82) is 0 Å². The number of piperidine rings is 1. The minimum absolute atomic E-state index is 0.0477. The summed E-state index contributed by atoms with van der Waals surface area (Å²) in [5.41, 5.74) is 0. The second kappa shape index (κ2) is 5.62. The lowest BCUT2D eigenvalue weighted by Crippen LogP contribution is -2.42. The zero-order valence-corrected chi connectivity index (χ0v) is 8.71. The van der Waals surface area contributed by atoms with E-state index in [-0.39, 0.29) is 18.4 Å². The molecule has 0 radical (unpaired) electrons. The largest absolute Gasteiger partial charge is 0.347 e. The van der Waals surface area contributed by atoms with Gasteiger partial charge in [-0.05, 0) is 19.3 Å². The smallest absolute Gasteiger partial charge is 0.241 e. The molecule has 0 aromatic heterocycles. The van der Waals surface area contributed by atoms with Gasteiger partial charge in [-0.1, -0.05) is 6.92 Å². The fourth-order valence-electron chi connectivity index (χ4n) is 1.55. The van der Waals surface area contributed by atoms with Gasteiger partial charge >= 0.3 is 0 Å². The van der Waals surface area contributed by atoms with Gasteiger partial charge in [0.2, 0.25) is 11.8 Å². The van der Waals surface area contributed by atoms with E-state index in [1.807, 2.05) is 4.90 Å². The third-order valence-electron chi connectivity index (χ3n) is 2.47. The van der Waals surface area contributed by atoms with Crippen LogP contribution >= 0.6 is 0 Å². The molecule has 2 amide bonds. The summed E-state index contributed by atoms with van der Waals surface area (Å²) in [6.07, 6.45) is 3.83. The van der Waals surface area contributed by atoms with Gasteiger partial charge in [0.1, 0.15) is 0 Å². The number of nitrogens with one attached hydrogen (secondary N) is 1. The Labute approximate surface area is 84.7 Å². The van der Waals surface area contributed by atoms with Gasteiger partial charge in [0.25, 0.3) is 0 Å². The molecule has 0 aliphatic carbocycles. The topological polar surface area (TPSA) is 49.4 Å². The number of rotatable bonds is 3. The molecule has 1 fully saturated rings. The first-order valence-corrected chi connectivity index (χ1v) is 5.28. The number of amides is 2. The van der Waals surface area contributed by atoms with E-state index in [0.29, 0.717) is 6.42 Å².